The summed E-state index contributed by atoms with van der Waals surface area (Å²) in [7, 11) is 0. The van der Waals surface area contributed by atoms with E-state index >= 15 is 0 Å². The number of nitrogens with one attached hydrogen (secondary N) is 2. The summed E-state index contributed by atoms with van der Waals surface area (Å²) in [6.45, 7) is 4.94. The minimum atomic E-state index is 0.0479. The molecule has 7 nitrogen and oxygen atoms in total. The number of tetrazole rings is 1. The number of aryl methyl sites for hydroxylation is 1. The highest BCUT2D eigenvalue weighted by Crippen LogP contribution is 2.28. The van der Waals surface area contributed by atoms with E-state index in [1.807, 2.05) is 31.2 Å². The lowest BCUT2D eigenvalue weighted by Crippen LogP contribution is -3.12. The van der Waals surface area contributed by atoms with Gasteiger partial charge in [0.1, 0.15) is 6.54 Å². The number of hydrogen-bond acceptors (Lipinski definition) is 4. The molecular formula is C20H29N6O+. The Morgan fingerprint density at radius 3 is 2.67 bits per heavy atom. The number of rotatable bonds is 5. The lowest BCUT2D eigenvalue weighted by atomic mass is 10.0. The number of likely N-dealkylation sites (tertiary alicyclic amines) is 1. The molecular weight excluding hydrogens is 340 g/mol. The van der Waals surface area contributed by atoms with E-state index in [9.17, 15) is 4.79 Å². The average Bonchev–Trinajstić information content (AvgIpc) is 3.35. The first-order chi connectivity index (χ1) is 13.2. The van der Waals surface area contributed by atoms with Crippen LogP contribution in [0.4, 0.5) is 0 Å². The molecule has 1 saturated heterocycles. The molecule has 0 bridgehead atoms. The lowest BCUT2D eigenvalue weighted by molar-refractivity contribution is -0.919. The Morgan fingerprint density at radius 2 is 1.93 bits per heavy atom. The maximum absolute atomic E-state index is 12.5. The fraction of sp³-hybridized carbons (Fsp3) is 0.600. The molecule has 4 rings (SSSR count). The van der Waals surface area contributed by atoms with Crippen molar-refractivity contribution in [2.45, 2.75) is 64.1 Å². The van der Waals surface area contributed by atoms with Crippen LogP contribution in [0, 0.1) is 6.92 Å². The largest absolute Gasteiger partial charge is 0.349 e. The van der Waals surface area contributed by atoms with Crippen LogP contribution in [-0.4, -0.2) is 45.2 Å². The van der Waals surface area contributed by atoms with Crippen molar-refractivity contribution in [1.82, 2.24) is 25.5 Å². The third kappa shape index (κ3) is 4.18. The average molecular weight is 369 g/mol. The van der Waals surface area contributed by atoms with Gasteiger partial charge in [-0.3, -0.25) is 4.79 Å². The summed E-state index contributed by atoms with van der Waals surface area (Å²) in [5.41, 5.74) is 1.81. The van der Waals surface area contributed by atoms with Gasteiger partial charge in [0.2, 0.25) is 5.82 Å². The maximum Gasteiger partial charge on any atom is 0.251 e. The van der Waals surface area contributed by atoms with E-state index in [-0.39, 0.29) is 11.9 Å². The number of aromatic nitrogens is 4. The highest BCUT2D eigenvalue weighted by molar-refractivity contribution is 5.95. The van der Waals surface area contributed by atoms with E-state index in [2.05, 4.69) is 25.5 Å². The lowest BCUT2D eigenvalue weighted by Gasteiger charge is -2.29. The van der Waals surface area contributed by atoms with Gasteiger partial charge in [-0.05, 0) is 41.8 Å². The van der Waals surface area contributed by atoms with Gasteiger partial charge in [-0.1, -0.05) is 31.0 Å². The van der Waals surface area contributed by atoms with Crippen molar-refractivity contribution >= 4 is 5.91 Å². The summed E-state index contributed by atoms with van der Waals surface area (Å²) in [4.78, 5) is 14.0. The van der Waals surface area contributed by atoms with Crippen LogP contribution in [0.2, 0.25) is 0 Å². The van der Waals surface area contributed by atoms with Crippen LogP contribution < -0.4 is 10.2 Å². The molecule has 1 saturated carbocycles. The molecule has 0 spiro atoms. The summed E-state index contributed by atoms with van der Waals surface area (Å²) < 4.78 is 2.06. The zero-order valence-electron chi connectivity index (χ0n) is 16.0. The number of piperidine rings is 1. The van der Waals surface area contributed by atoms with Crippen molar-refractivity contribution < 1.29 is 9.69 Å². The highest BCUT2D eigenvalue weighted by Gasteiger charge is 2.27. The molecule has 27 heavy (non-hydrogen) atoms. The number of hydrogen-bond donors (Lipinski definition) is 2. The van der Waals surface area contributed by atoms with E-state index < -0.39 is 0 Å². The Hall–Kier alpha value is -2.28. The molecule has 2 aliphatic rings. The van der Waals surface area contributed by atoms with Gasteiger partial charge in [-0.15, -0.1) is 5.10 Å². The second-order valence-electron chi connectivity index (χ2n) is 7.97. The minimum absolute atomic E-state index is 0.0479. The summed E-state index contributed by atoms with van der Waals surface area (Å²) in [6, 6.07) is 8.51. The molecule has 0 radical (unpaired) electrons. The van der Waals surface area contributed by atoms with E-state index in [4.69, 9.17) is 0 Å². The van der Waals surface area contributed by atoms with Crippen molar-refractivity contribution in [3.63, 3.8) is 0 Å². The van der Waals surface area contributed by atoms with Gasteiger partial charge in [0.25, 0.3) is 5.91 Å². The van der Waals surface area contributed by atoms with Crippen molar-refractivity contribution in [1.29, 1.82) is 0 Å². The quantitative estimate of drug-likeness (QED) is 0.827. The first-order valence-corrected chi connectivity index (χ1v) is 10.2. The van der Waals surface area contributed by atoms with Gasteiger partial charge in [-0.25, -0.2) is 4.68 Å². The molecule has 2 fully saturated rings. The van der Waals surface area contributed by atoms with Crippen LogP contribution in [0.5, 0.6) is 0 Å². The van der Waals surface area contributed by atoms with Crippen LogP contribution >= 0.6 is 0 Å². The van der Waals surface area contributed by atoms with Gasteiger partial charge in [0.15, 0.2) is 0 Å². The zero-order valence-corrected chi connectivity index (χ0v) is 16.0. The summed E-state index contributed by atoms with van der Waals surface area (Å²) in [6.07, 6.45) is 6.95. The van der Waals surface area contributed by atoms with Crippen LogP contribution in [-0.2, 0) is 6.54 Å². The van der Waals surface area contributed by atoms with E-state index in [1.165, 1.54) is 30.6 Å². The first-order valence-electron chi connectivity index (χ1n) is 10.2. The van der Waals surface area contributed by atoms with Gasteiger partial charge in [-0.2, -0.15) is 0 Å². The minimum Gasteiger partial charge on any atom is -0.349 e. The molecule has 2 heterocycles. The van der Waals surface area contributed by atoms with Crippen molar-refractivity contribution in [3.05, 3.63) is 41.2 Å². The summed E-state index contributed by atoms with van der Waals surface area (Å²) in [5, 5.41) is 15.7. The molecule has 144 valence electrons. The second-order valence-corrected chi connectivity index (χ2v) is 7.97. The van der Waals surface area contributed by atoms with Crippen LogP contribution in [0.15, 0.2) is 24.3 Å². The zero-order chi connectivity index (χ0) is 18.6. The van der Waals surface area contributed by atoms with Gasteiger partial charge in [0, 0.05) is 24.4 Å². The first kappa shape index (κ1) is 18.1. The normalized spacial score (nSPS) is 23.4. The maximum atomic E-state index is 12.5. The number of carbonyl (C=O) groups is 1. The Bertz CT molecular complexity index is 774. The van der Waals surface area contributed by atoms with Gasteiger partial charge < -0.3 is 10.2 Å². The molecule has 7 heteroatoms. The fourth-order valence-corrected chi connectivity index (χ4v) is 4.42. The van der Waals surface area contributed by atoms with Crippen molar-refractivity contribution in [3.8, 4) is 0 Å². The number of nitrogens with zero attached hydrogens (tertiary/aromatic N) is 4. The number of carbonyl (C=O) groups excluding carboxylic acids is 1. The topological polar surface area (TPSA) is 77.1 Å². The molecule has 1 aromatic heterocycles. The fourth-order valence-electron chi connectivity index (χ4n) is 4.42. The Balaban J connectivity index is 1.29. The van der Waals surface area contributed by atoms with E-state index in [0.29, 0.717) is 6.04 Å². The molecule has 1 amide bonds. The van der Waals surface area contributed by atoms with Crippen LogP contribution in [0.3, 0.4) is 0 Å². The monoisotopic (exact) mass is 369 g/mol. The van der Waals surface area contributed by atoms with Crippen LogP contribution in [0.25, 0.3) is 0 Å². The summed E-state index contributed by atoms with van der Waals surface area (Å²) >= 11 is 0. The molecule has 2 aromatic rings. The molecule has 2 N–H and O–H groups in total. The molecule has 1 aliphatic heterocycles. The molecule has 1 aliphatic carbocycles. The van der Waals surface area contributed by atoms with Crippen molar-refractivity contribution in [2.24, 2.45) is 0 Å². The number of benzene rings is 1. The Morgan fingerprint density at radius 1 is 1.19 bits per heavy atom. The number of quaternary nitrogens is 1. The van der Waals surface area contributed by atoms with E-state index in [1.54, 1.807) is 0 Å². The Labute approximate surface area is 160 Å². The SMILES string of the molecule is Cc1ccccc1C(=O)NC1CC[NH+](Cc2nnnn2C2CCCC2)CC1. The Kier molecular flexibility index (Phi) is 5.48. The molecule has 0 unspecified atom stereocenters. The predicted octanol–water partition coefficient (Wildman–Crippen LogP) is 1.07. The number of amides is 1. The van der Waals surface area contributed by atoms with Gasteiger partial charge in [0.05, 0.1) is 19.1 Å². The smallest absolute Gasteiger partial charge is 0.251 e. The van der Waals surface area contributed by atoms with Crippen LogP contribution in [0.1, 0.15) is 66.3 Å². The predicted molar refractivity (Wildman–Crippen MR) is 101 cm³/mol. The third-order valence-electron chi connectivity index (χ3n) is 6.06. The third-order valence-corrected chi connectivity index (χ3v) is 6.06. The van der Waals surface area contributed by atoms with Gasteiger partial charge >= 0.3 is 0 Å². The summed E-state index contributed by atoms with van der Waals surface area (Å²) in [5.74, 6) is 1.06. The highest BCUT2D eigenvalue weighted by atomic mass is 16.1. The molecule has 0 atom stereocenters. The molecule has 1 aromatic carbocycles. The van der Waals surface area contributed by atoms with Crippen molar-refractivity contribution in [2.75, 3.05) is 13.1 Å². The second kappa shape index (κ2) is 8.17. The van der Waals surface area contributed by atoms with E-state index in [0.717, 1.165) is 49.4 Å². The standard InChI is InChI=1S/C20H28N6O/c1-15-6-2-5-9-18(15)20(27)21-16-10-12-25(13-11-16)14-19-22-23-24-26(19)17-7-3-4-8-17/h2,5-6,9,16-17H,3-4,7-8,10-14H2,1H3,(H,21,27)/p+1.